The first-order valence-corrected chi connectivity index (χ1v) is 11.2. The molecule has 0 aromatic heterocycles. The lowest BCUT2D eigenvalue weighted by Crippen LogP contribution is -2.22. The van der Waals surface area contributed by atoms with Crippen molar-refractivity contribution < 1.29 is 14.6 Å². The van der Waals surface area contributed by atoms with Crippen LogP contribution in [-0.2, 0) is 6.42 Å². The molecule has 1 aromatic carbocycles. The van der Waals surface area contributed by atoms with E-state index >= 15 is 0 Å². The van der Waals surface area contributed by atoms with Gasteiger partial charge in [-0.2, -0.15) is 0 Å². The molecule has 4 heteroatoms. The summed E-state index contributed by atoms with van der Waals surface area (Å²) < 4.78 is 5.32. The van der Waals surface area contributed by atoms with Crippen molar-refractivity contribution in [3.63, 3.8) is 0 Å². The van der Waals surface area contributed by atoms with Gasteiger partial charge in [-0.15, -0.1) is 0 Å². The number of aliphatic hydroxyl groups is 1. The summed E-state index contributed by atoms with van der Waals surface area (Å²) >= 11 is 0. The van der Waals surface area contributed by atoms with Crippen molar-refractivity contribution in [1.29, 1.82) is 0 Å². The number of hydrogen-bond acceptors (Lipinski definition) is 3. The summed E-state index contributed by atoms with van der Waals surface area (Å²) in [5.41, 5.74) is 1.37. The maximum Gasteiger partial charge on any atom is 0.255 e. The summed E-state index contributed by atoms with van der Waals surface area (Å²) in [6, 6.07) is 5.55. The molecule has 160 valence electrons. The van der Waals surface area contributed by atoms with Gasteiger partial charge in [0.25, 0.3) is 5.91 Å². The van der Waals surface area contributed by atoms with Crippen LogP contribution in [0.15, 0.2) is 18.2 Å². The zero-order chi connectivity index (χ0) is 20.6. The van der Waals surface area contributed by atoms with E-state index in [9.17, 15) is 9.90 Å². The fourth-order valence-corrected chi connectivity index (χ4v) is 3.70. The Morgan fingerprint density at radius 1 is 1.00 bits per heavy atom. The number of hydrogen-bond donors (Lipinski definition) is 2. The lowest BCUT2D eigenvalue weighted by Gasteiger charge is -2.16. The summed E-state index contributed by atoms with van der Waals surface area (Å²) in [5, 5.41) is 13.1. The van der Waals surface area contributed by atoms with E-state index in [2.05, 4.69) is 12.2 Å². The lowest BCUT2D eigenvalue weighted by atomic mass is 9.97. The zero-order valence-electron chi connectivity index (χ0n) is 18.3. The van der Waals surface area contributed by atoms with Crippen LogP contribution in [-0.4, -0.2) is 31.3 Å². The number of unbranched alkanes of at least 4 members (excludes halogenated alkanes) is 10. The molecular formula is C24H41NO3. The van der Waals surface area contributed by atoms with Gasteiger partial charge in [-0.1, -0.05) is 89.7 Å². The highest BCUT2D eigenvalue weighted by molar-refractivity contribution is 5.98. The standard InChI is InChI=1S/C24H41NO3/c1-4-5-6-7-8-9-10-11-12-13-14-17-21(26)19-20-16-15-18-22(28-3)23(20)24(27)25-2/h15-16,18,21,26H,4-14,17,19H2,1-3H3,(H,25,27)/t21-/m1/s1. The first kappa shape index (κ1) is 24.5. The highest BCUT2D eigenvalue weighted by atomic mass is 16.5. The molecule has 1 amide bonds. The van der Waals surface area contributed by atoms with Crippen LogP contribution in [0.3, 0.4) is 0 Å². The highest BCUT2D eigenvalue weighted by Crippen LogP contribution is 2.24. The van der Waals surface area contributed by atoms with E-state index in [-0.39, 0.29) is 5.91 Å². The number of benzene rings is 1. The van der Waals surface area contributed by atoms with Crippen molar-refractivity contribution in [3.8, 4) is 5.75 Å². The molecule has 4 nitrogen and oxygen atoms in total. The fourth-order valence-electron chi connectivity index (χ4n) is 3.70. The van der Waals surface area contributed by atoms with E-state index in [0.29, 0.717) is 17.7 Å². The monoisotopic (exact) mass is 391 g/mol. The molecule has 28 heavy (non-hydrogen) atoms. The summed E-state index contributed by atoms with van der Waals surface area (Å²) in [4.78, 5) is 12.2. The minimum Gasteiger partial charge on any atom is -0.496 e. The largest absolute Gasteiger partial charge is 0.496 e. The summed E-state index contributed by atoms with van der Waals surface area (Å²) in [7, 11) is 3.17. The predicted octanol–water partition coefficient (Wildman–Crippen LogP) is 5.66. The van der Waals surface area contributed by atoms with Crippen LogP contribution in [0.4, 0.5) is 0 Å². The van der Waals surface area contributed by atoms with Gasteiger partial charge in [0.1, 0.15) is 5.75 Å². The molecule has 0 spiro atoms. The zero-order valence-corrected chi connectivity index (χ0v) is 18.3. The Kier molecular flexibility index (Phi) is 13.5. The van der Waals surface area contributed by atoms with Crippen molar-refractivity contribution in [3.05, 3.63) is 29.3 Å². The number of rotatable bonds is 16. The second kappa shape index (κ2) is 15.4. The molecule has 0 saturated carbocycles. The van der Waals surface area contributed by atoms with Crippen LogP contribution in [0.25, 0.3) is 0 Å². The molecule has 0 heterocycles. The predicted molar refractivity (Wildman–Crippen MR) is 117 cm³/mol. The van der Waals surface area contributed by atoms with Crippen molar-refractivity contribution in [2.75, 3.05) is 14.2 Å². The number of nitrogens with one attached hydrogen (secondary N) is 1. The average molecular weight is 392 g/mol. The topological polar surface area (TPSA) is 58.6 Å². The smallest absolute Gasteiger partial charge is 0.255 e. The molecule has 2 N–H and O–H groups in total. The number of ether oxygens (including phenoxy) is 1. The van der Waals surface area contributed by atoms with E-state index in [0.717, 1.165) is 18.4 Å². The number of methoxy groups -OCH3 is 1. The Hall–Kier alpha value is -1.55. The molecule has 0 radical (unpaired) electrons. The minimum absolute atomic E-state index is 0.172. The Bertz CT molecular complexity index is 545. The SMILES string of the molecule is CCCCCCCCCCCCC[C@@H](O)Cc1cccc(OC)c1C(=O)NC. The third kappa shape index (κ3) is 9.59. The van der Waals surface area contributed by atoms with Crippen LogP contribution >= 0.6 is 0 Å². The Morgan fingerprint density at radius 2 is 1.57 bits per heavy atom. The summed E-state index contributed by atoms with van der Waals surface area (Å²) in [6.07, 6.45) is 15.2. The van der Waals surface area contributed by atoms with Crippen LogP contribution in [0.2, 0.25) is 0 Å². The lowest BCUT2D eigenvalue weighted by molar-refractivity contribution is 0.0957. The van der Waals surface area contributed by atoms with Crippen molar-refractivity contribution >= 4 is 5.91 Å². The molecule has 0 aliphatic carbocycles. The van der Waals surface area contributed by atoms with Gasteiger partial charge >= 0.3 is 0 Å². The van der Waals surface area contributed by atoms with Gasteiger partial charge in [0.15, 0.2) is 0 Å². The minimum atomic E-state index is -0.422. The molecule has 0 unspecified atom stereocenters. The first-order chi connectivity index (χ1) is 13.6. The molecule has 0 bridgehead atoms. The molecule has 0 fully saturated rings. The molecule has 0 aliphatic heterocycles. The molecule has 0 saturated heterocycles. The first-order valence-electron chi connectivity index (χ1n) is 11.2. The van der Waals surface area contributed by atoms with E-state index < -0.39 is 6.10 Å². The van der Waals surface area contributed by atoms with E-state index in [1.807, 2.05) is 12.1 Å². The molecular weight excluding hydrogens is 350 g/mol. The Morgan fingerprint density at radius 3 is 2.11 bits per heavy atom. The Balaban J connectivity index is 2.24. The van der Waals surface area contributed by atoms with Gasteiger partial charge in [-0.25, -0.2) is 0 Å². The van der Waals surface area contributed by atoms with Gasteiger partial charge < -0.3 is 15.2 Å². The van der Waals surface area contributed by atoms with E-state index in [1.165, 1.54) is 64.2 Å². The van der Waals surface area contributed by atoms with Crippen LogP contribution < -0.4 is 10.1 Å². The molecule has 0 aliphatic rings. The van der Waals surface area contributed by atoms with Crippen LogP contribution in [0.5, 0.6) is 5.75 Å². The second-order valence-electron chi connectivity index (χ2n) is 7.76. The quantitative estimate of drug-likeness (QED) is 0.358. The van der Waals surface area contributed by atoms with Gasteiger partial charge in [0.05, 0.1) is 18.8 Å². The third-order valence-corrected chi connectivity index (χ3v) is 5.38. The van der Waals surface area contributed by atoms with Crippen LogP contribution in [0.1, 0.15) is 99.9 Å². The number of amides is 1. The maximum absolute atomic E-state index is 12.2. The van der Waals surface area contributed by atoms with Gasteiger partial charge in [-0.3, -0.25) is 4.79 Å². The van der Waals surface area contributed by atoms with Gasteiger partial charge in [0, 0.05) is 7.05 Å². The fraction of sp³-hybridized carbons (Fsp3) is 0.708. The molecule has 1 aromatic rings. The van der Waals surface area contributed by atoms with Crippen molar-refractivity contribution in [2.24, 2.45) is 0 Å². The summed E-state index contributed by atoms with van der Waals surface area (Å²) in [6.45, 7) is 2.26. The van der Waals surface area contributed by atoms with Crippen molar-refractivity contribution in [1.82, 2.24) is 5.32 Å². The average Bonchev–Trinajstić information content (AvgIpc) is 2.71. The highest BCUT2D eigenvalue weighted by Gasteiger charge is 2.18. The van der Waals surface area contributed by atoms with E-state index in [1.54, 1.807) is 20.2 Å². The normalized spacial score (nSPS) is 12.0. The van der Waals surface area contributed by atoms with E-state index in [4.69, 9.17) is 4.74 Å². The maximum atomic E-state index is 12.2. The summed E-state index contributed by atoms with van der Waals surface area (Å²) in [5.74, 6) is 0.382. The van der Waals surface area contributed by atoms with Gasteiger partial charge in [-0.05, 0) is 24.5 Å². The number of carbonyl (C=O) groups is 1. The second-order valence-corrected chi connectivity index (χ2v) is 7.76. The van der Waals surface area contributed by atoms with Gasteiger partial charge in [0.2, 0.25) is 0 Å². The van der Waals surface area contributed by atoms with Crippen LogP contribution in [0, 0.1) is 0 Å². The number of carbonyl (C=O) groups excluding carboxylic acids is 1. The molecule has 1 rings (SSSR count). The number of aliphatic hydroxyl groups excluding tert-OH is 1. The Labute approximate surface area is 172 Å². The third-order valence-electron chi connectivity index (χ3n) is 5.38. The van der Waals surface area contributed by atoms with Crippen molar-refractivity contribution in [2.45, 2.75) is 96.5 Å². The molecule has 1 atom stereocenters.